The van der Waals surface area contributed by atoms with Gasteiger partial charge in [0.2, 0.25) is 10.0 Å². The number of pyridine rings is 1. The zero-order valence-electron chi connectivity index (χ0n) is 28.0. The lowest BCUT2D eigenvalue weighted by atomic mass is 9.95. The van der Waals surface area contributed by atoms with E-state index in [1.807, 2.05) is 6.07 Å². The predicted molar refractivity (Wildman–Crippen MR) is 183 cm³/mol. The molecule has 5 atom stereocenters. The number of fused-ring (bicyclic) bond motifs is 3. The average Bonchev–Trinajstić information content (AvgIpc) is 3.41. The largest absolute Gasteiger partial charge is 0.492 e. The van der Waals surface area contributed by atoms with Crippen molar-refractivity contribution >= 4 is 40.9 Å². The lowest BCUT2D eigenvalue weighted by Gasteiger charge is -2.19. The van der Waals surface area contributed by atoms with Crippen molar-refractivity contribution in [2.24, 2.45) is 0 Å². The van der Waals surface area contributed by atoms with Crippen molar-refractivity contribution in [3.8, 4) is 11.8 Å². The smallest absolute Gasteiger partial charge is 0.301 e. The molecular weight excluding hydrogens is 695 g/mol. The molecule has 12 nitrogen and oxygen atoms in total. The topological polar surface area (TPSA) is 143 Å². The number of hydrogen-bond donors (Lipinski definition) is 2. The summed E-state index contributed by atoms with van der Waals surface area (Å²) in [5.41, 5.74) is 3.20. The zero-order chi connectivity index (χ0) is 34.5. The number of aliphatic hydroxyl groups is 1. The summed E-state index contributed by atoms with van der Waals surface area (Å²) in [6, 6.07) is 6.26. The van der Waals surface area contributed by atoms with Crippen LogP contribution in [0.5, 0.6) is 11.8 Å². The van der Waals surface area contributed by atoms with E-state index in [1.54, 1.807) is 10.6 Å². The predicted octanol–water partition coefficient (Wildman–Crippen LogP) is 4.18. The van der Waals surface area contributed by atoms with Gasteiger partial charge in [0.05, 0.1) is 29.2 Å². The Morgan fingerprint density at radius 1 is 1.10 bits per heavy atom. The van der Waals surface area contributed by atoms with Crippen LogP contribution >= 0.6 is 11.6 Å². The molecule has 2 aromatic heterocycles. The molecule has 3 fully saturated rings. The van der Waals surface area contributed by atoms with Crippen LogP contribution in [0.1, 0.15) is 42.0 Å². The van der Waals surface area contributed by atoms with Crippen LogP contribution in [-0.2, 0) is 43.8 Å². The molecule has 7 rings (SSSR count). The number of hydrogen-bond acceptors (Lipinski definition) is 10. The van der Waals surface area contributed by atoms with Crippen LogP contribution in [0.3, 0.4) is 0 Å². The number of sulfonamides is 1. The molecule has 1 aromatic carbocycles. The Labute approximate surface area is 291 Å². The molecule has 3 aromatic rings. The first-order valence-electron chi connectivity index (χ1n) is 17.0. The molecule has 1 unspecified atom stereocenters. The summed E-state index contributed by atoms with van der Waals surface area (Å²) in [4.78, 5) is 9.68. The molecule has 0 spiro atoms. The molecule has 268 valence electrons. The van der Waals surface area contributed by atoms with Crippen molar-refractivity contribution in [2.75, 3.05) is 33.0 Å². The fraction of sp³-hybridized carbons (Fsp3) is 0.636. The maximum Gasteiger partial charge on any atom is 0.301 e. The summed E-state index contributed by atoms with van der Waals surface area (Å²) in [6.45, 7) is 8.31. The van der Waals surface area contributed by atoms with E-state index < -0.39 is 42.5 Å². The minimum atomic E-state index is -3.29. The summed E-state index contributed by atoms with van der Waals surface area (Å²) in [5.74, 6) is -0.128. The molecule has 1 saturated carbocycles. The van der Waals surface area contributed by atoms with E-state index in [1.165, 1.54) is 6.07 Å². The fourth-order valence-electron chi connectivity index (χ4n) is 6.76. The number of aromatic nitrogens is 3. The van der Waals surface area contributed by atoms with Gasteiger partial charge < -0.3 is 28.8 Å². The molecule has 16 heteroatoms. The lowest BCUT2D eigenvalue weighted by molar-refractivity contribution is 0.00336. The number of halogens is 2. The lowest BCUT2D eigenvalue weighted by Crippen LogP contribution is -2.35. The normalized spacial score (nSPS) is 25.2. The molecule has 0 amide bonds. The van der Waals surface area contributed by atoms with Gasteiger partial charge in [-0.05, 0) is 67.3 Å². The molecule has 2 saturated heterocycles. The van der Waals surface area contributed by atoms with Gasteiger partial charge in [-0.1, -0.05) is 31.2 Å². The minimum absolute atomic E-state index is 0.109. The van der Waals surface area contributed by atoms with Crippen LogP contribution in [0.15, 0.2) is 18.2 Å². The first kappa shape index (κ1) is 35.0. The second-order valence-electron chi connectivity index (χ2n) is 14.7. The highest BCUT2D eigenvalue weighted by Crippen LogP contribution is 2.41. The van der Waals surface area contributed by atoms with Crippen molar-refractivity contribution in [2.45, 2.75) is 100 Å². The molecule has 2 N–H and O–H groups in total. The van der Waals surface area contributed by atoms with Crippen molar-refractivity contribution in [3.63, 3.8) is 0 Å². The second-order valence-corrected chi connectivity index (χ2v) is 22.7. The minimum Gasteiger partial charge on any atom is -0.492 e. The maximum absolute atomic E-state index is 15.6. The second kappa shape index (κ2) is 14.0. The highest BCUT2D eigenvalue weighted by Gasteiger charge is 2.49. The SMILES string of the molecule is C[Si](C)(C)CCOCn1c(O[C@@H]2CO[C@H]3[C@@H]2OC[C@H]3O)nc2cc(Cl)c(CC3CCc4cc(OCCNS(=O)(=O)C5CC5)cc(F)c43)nc21. The van der Waals surface area contributed by atoms with Crippen LogP contribution in [0.25, 0.3) is 11.2 Å². The van der Waals surface area contributed by atoms with Crippen molar-refractivity contribution in [1.29, 1.82) is 0 Å². The summed E-state index contributed by atoms with van der Waals surface area (Å²) >= 11 is 6.79. The van der Waals surface area contributed by atoms with E-state index in [9.17, 15) is 13.5 Å². The Hall–Kier alpha value is -2.37. The number of benzene rings is 1. The standard InChI is InChI=1S/C33H44ClFN4O8SSi/c1-49(2,3)11-10-43-18-39-32-26(38-33(39)47-28-17-46-30-27(40)16-45-31(28)30)15-23(34)25(37-32)13-20-5-4-19-12-21(14-24(35)29(19)20)44-9-8-36-48(41,42)22-6-7-22/h12,14-15,20,22,27-28,30-31,36,40H,4-11,13,16-18H2,1-3H3/t20?,27-,28-,30-,31-/m1/s1. The van der Waals surface area contributed by atoms with Gasteiger partial charge in [-0.15, -0.1) is 0 Å². The van der Waals surface area contributed by atoms with Crippen LogP contribution in [0.2, 0.25) is 30.7 Å². The Morgan fingerprint density at radius 2 is 1.90 bits per heavy atom. The number of nitrogens with zero attached hydrogens (tertiary/aromatic N) is 3. The van der Waals surface area contributed by atoms with E-state index in [0.29, 0.717) is 71.5 Å². The first-order valence-corrected chi connectivity index (χ1v) is 22.6. The van der Waals surface area contributed by atoms with Crippen LogP contribution < -0.4 is 14.2 Å². The molecule has 2 aliphatic carbocycles. The van der Waals surface area contributed by atoms with Crippen molar-refractivity contribution in [1.82, 2.24) is 19.3 Å². The van der Waals surface area contributed by atoms with Gasteiger partial charge in [0.25, 0.3) is 0 Å². The highest BCUT2D eigenvalue weighted by molar-refractivity contribution is 7.90. The molecule has 2 aliphatic heterocycles. The third kappa shape index (κ3) is 7.78. The zero-order valence-corrected chi connectivity index (χ0v) is 30.6. The quantitative estimate of drug-likeness (QED) is 0.172. The first-order chi connectivity index (χ1) is 23.4. The summed E-state index contributed by atoms with van der Waals surface area (Å²) in [7, 11) is -4.62. The Balaban J connectivity index is 1.08. The van der Waals surface area contributed by atoms with Crippen LogP contribution in [0, 0.1) is 5.82 Å². The van der Waals surface area contributed by atoms with E-state index in [4.69, 9.17) is 45.3 Å². The third-order valence-electron chi connectivity index (χ3n) is 9.60. The van der Waals surface area contributed by atoms with Crippen molar-refractivity contribution in [3.05, 3.63) is 45.9 Å². The Kier molecular flexibility index (Phi) is 10.00. The monoisotopic (exact) mass is 738 g/mol. The van der Waals surface area contributed by atoms with Gasteiger partial charge in [0.1, 0.15) is 48.7 Å². The van der Waals surface area contributed by atoms with Gasteiger partial charge >= 0.3 is 6.01 Å². The molecule has 4 aliphatic rings. The highest BCUT2D eigenvalue weighted by atomic mass is 35.5. The van der Waals surface area contributed by atoms with Gasteiger partial charge in [0.15, 0.2) is 11.8 Å². The summed E-state index contributed by atoms with van der Waals surface area (Å²) < 4.78 is 73.7. The van der Waals surface area contributed by atoms with Crippen LogP contribution in [-0.4, -0.2) is 98.8 Å². The van der Waals surface area contributed by atoms with Gasteiger partial charge in [-0.25, -0.2) is 22.5 Å². The average molecular weight is 739 g/mol. The van der Waals surface area contributed by atoms with Crippen LogP contribution in [0.4, 0.5) is 4.39 Å². The maximum atomic E-state index is 15.6. The molecule has 0 bridgehead atoms. The molecule has 4 heterocycles. The molecule has 0 radical (unpaired) electrons. The number of aliphatic hydroxyl groups excluding tert-OH is 1. The molecule has 49 heavy (non-hydrogen) atoms. The number of rotatable bonds is 15. The van der Waals surface area contributed by atoms with E-state index >= 15 is 4.39 Å². The van der Waals surface area contributed by atoms with E-state index in [-0.39, 0.29) is 50.1 Å². The number of nitrogens with one attached hydrogen (secondary N) is 1. The van der Waals surface area contributed by atoms with Gasteiger partial charge in [0, 0.05) is 27.3 Å². The van der Waals surface area contributed by atoms with Crippen molar-refractivity contribution < 1.29 is 41.6 Å². The number of aryl methyl sites for hydroxylation is 1. The number of ether oxygens (including phenoxy) is 5. The Morgan fingerprint density at radius 3 is 2.67 bits per heavy atom. The summed E-state index contributed by atoms with van der Waals surface area (Å²) in [5, 5.41) is 10.3. The number of imidazole rings is 1. The third-order valence-corrected chi connectivity index (χ3v) is 13.6. The fourth-order valence-corrected chi connectivity index (χ4v) is 9.10. The molecular formula is C33H44ClFN4O8SSi. The Bertz CT molecular complexity index is 1800. The summed E-state index contributed by atoms with van der Waals surface area (Å²) in [6.07, 6.45) is 1.17. The van der Waals surface area contributed by atoms with Gasteiger partial charge in [-0.3, -0.25) is 4.57 Å². The van der Waals surface area contributed by atoms with E-state index in [2.05, 4.69) is 24.4 Å². The van der Waals surface area contributed by atoms with E-state index in [0.717, 1.165) is 18.0 Å². The van der Waals surface area contributed by atoms with Gasteiger partial charge in [-0.2, -0.15) is 4.98 Å².